The Kier molecular flexibility index (Phi) is 6.03. The van der Waals surface area contributed by atoms with Crippen molar-refractivity contribution >= 4 is 29.5 Å². The average Bonchev–Trinajstić information content (AvgIpc) is 3.30. The van der Waals surface area contributed by atoms with Crippen LogP contribution in [0.3, 0.4) is 0 Å². The summed E-state index contributed by atoms with van der Waals surface area (Å²) in [5.74, 6) is -1.80. The topological polar surface area (TPSA) is 111 Å². The molecule has 0 saturated carbocycles. The van der Waals surface area contributed by atoms with E-state index < -0.39 is 17.8 Å². The van der Waals surface area contributed by atoms with Gasteiger partial charge in [0, 0.05) is 19.2 Å². The van der Waals surface area contributed by atoms with Crippen molar-refractivity contribution in [1.29, 1.82) is 0 Å². The van der Waals surface area contributed by atoms with Crippen molar-refractivity contribution in [1.82, 2.24) is 14.7 Å². The highest BCUT2D eigenvalue weighted by Crippen LogP contribution is 2.25. The number of nitrogens with zero attached hydrogens (tertiary/aromatic N) is 3. The van der Waals surface area contributed by atoms with Crippen molar-refractivity contribution in [3.05, 3.63) is 82.5 Å². The highest BCUT2D eigenvalue weighted by atomic mass is 16.5. The van der Waals surface area contributed by atoms with Gasteiger partial charge in [0.05, 0.1) is 23.9 Å². The molecule has 3 aromatic rings. The molecular formula is C24H22N4O5. The largest absolute Gasteiger partial charge is 0.462 e. The van der Waals surface area contributed by atoms with Crippen molar-refractivity contribution in [3.8, 4) is 0 Å². The molecule has 0 fully saturated rings. The van der Waals surface area contributed by atoms with Crippen LogP contribution in [0.2, 0.25) is 0 Å². The molecule has 0 bridgehead atoms. The quantitative estimate of drug-likeness (QED) is 0.441. The van der Waals surface area contributed by atoms with E-state index in [1.54, 1.807) is 14.0 Å². The number of aromatic nitrogens is 2. The number of nitrogens with one attached hydrogen (secondary N) is 1. The van der Waals surface area contributed by atoms with Gasteiger partial charge in [0.15, 0.2) is 0 Å². The first-order valence-electron chi connectivity index (χ1n) is 10.4. The second-order valence-corrected chi connectivity index (χ2v) is 7.46. The summed E-state index contributed by atoms with van der Waals surface area (Å²) in [4.78, 5) is 51.8. The number of aryl methyl sites for hydroxylation is 1. The molecular weight excluding hydrogens is 424 g/mol. The van der Waals surface area contributed by atoms with Gasteiger partial charge in [-0.05, 0) is 37.1 Å². The zero-order chi connectivity index (χ0) is 23.5. The van der Waals surface area contributed by atoms with Crippen LogP contribution >= 0.6 is 0 Å². The van der Waals surface area contributed by atoms with Gasteiger partial charge in [0.25, 0.3) is 17.7 Å². The van der Waals surface area contributed by atoms with Gasteiger partial charge in [-0.3, -0.25) is 24.0 Å². The van der Waals surface area contributed by atoms with E-state index in [2.05, 4.69) is 10.4 Å². The first-order chi connectivity index (χ1) is 15.9. The lowest BCUT2D eigenvalue weighted by Gasteiger charge is -2.13. The molecule has 3 amide bonds. The molecule has 4 rings (SSSR count). The van der Waals surface area contributed by atoms with Crippen molar-refractivity contribution in [3.63, 3.8) is 0 Å². The van der Waals surface area contributed by atoms with Crippen LogP contribution in [-0.2, 0) is 18.2 Å². The van der Waals surface area contributed by atoms with E-state index >= 15 is 0 Å². The minimum atomic E-state index is -0.607. The molecule has 1 aliphatic heterocycles. The third kappa shape index (κ3) is 4.25. The van der Waals surface area contributed by atoms with Gasteiger partial charge in [0.2, 0.25) is 0 Å². The molecule has 1 N–H and O–H groups in total. The Morgan fingerprint density at radius 2 is 1.76 bits per heavy atom. The number of ether oxygens (including phenoxy) is 1. The standard InChI is InChI=1S/C24H22N4O5/c1-3-33-24(32)19-14-25-27(2)20(19)26-21(29)16-9-10-17-18(13-16)23(31)28(22(17)30)12-11-15-7-5-4-6-8-15/h4-10,13-14H,3,11-12H2,1-2H3,(H,26,29). The fourth-order valence-corrected chi connectivity index (χ4v) is 3.64. The number of benzene rings is 2. The molecule has 33 heavy (non-hydrogen) atoms. The number of fused-ring (bicyclic) bond motifs is 1. The molecule has 1 aliphatic rings. The zero-order valence-electron chi connectivity index (χ0n) is 18.2. The third-order valence-electron chi connectivity index (χ3n) is 5.37. The molecule has 0 spiro atoms. The summed E-state index contributed by atoms with van der Waals surface area (Å²) in [5, 5.41) is 6.64. The summed E-state index contributed by atoms with van der Waals surface area (Å²) in [5.41, 5.74) is 1.75. The molecule has 0 radical (unpaired) electrons. The van der Waals surface area contributed by atoms with Gasteiger partial charge in [-0.15, -0.1) is 0 Å². The van der Waals surface area contributed by atoms with Crippen LogP contribution < -0.4 is 5.32 Å². The molecule has 1 aromatic heterocycles. The van der Waals surface area contributed by atoms with E-state index in [0.29, 0.717) is 6.42 Å². The fraction of sp³-hybridized carbons (Fsp3) is 0.208. The Bertz CT molecular complexity index is 1250. The Morgan fingerprint density at radius 1 is 1.03 bits per heavy atom. The highest BCUT2D eigenvalue weighted by molar-refractivity contribution is 6.22. The van der Waals surface area contributed by atoms with Crippen LogP contribution in [0.25, 0.3) is 0 Å². The molecule has 0 aliphatic carbocycles. The van der Waals surface area contributed by atoms with Crippen molar-refractivity contribution in [2.75, 3.05) is 18.5 Å². The second kappa shape index (κ2) is 9.07. The number of esters is 1. The maximum atomic E-state index is 12.9. The minimum Gasteiger partial charge on any atom is -0.462 e. The first kappa shape index (κ1) is 21.9. The normalized spacial score (nSPS) is 12.6. The second-order valence-electron chi connectivity index (χ2n) is 7.46. The van der Waals surface area contributed by atoms with E-state index in [1.165, 1.54) is 34.0 Å². The van der Waals surface area contributed by atoms with Gasteiger partial charge in [-0.2, -0.15) is 5.10 Å². The lowest BCUT2D eigenvalue weighted by molar-refractivity contribution is 0.0526. The summed E-state index contributed by atoms with van der Waals surface area (Å²) in [6.45, 7) is 2.11. The van der Waals surface area contributed by atoms with Crippen molar-refractivity contribution in [2.24, 2.45) is 7.05 Å². The van der Waals surface area contributed by atoms with Crippen molar-refractivity contribution in [2.45, 2.75) is 13.3 Å². The number of anilines is 1. The van der Waals surface area contributed by atoms with Gasteiger partial charge < -0.3 is 10.1 Å². The van der Waals surface area contributed by atoms with Crippen LogP contribution in [0, 0.1) is 0 Å². The van der Waals surface area contributed by atoms with Gasteiger partial charge in [-0.25, -0.2) is 4.79 Å². The first-order valence-corrected chi connectivity index (χ1v) is 10.4. The number of amides is 3. The summed E-state index contributed by atoms with van der Waals surface area (Å²) < 4.78 is 6.34. The summed E-state index contributed by atoms with van der Waals surface area (Å²) in [7, 11) is 1.58. The zero-order valence-corrected chi connectivity index (χ0v) is 18.2. The summed E-state index contributed by atoms with van der Waals surface area (Å²) >= 11 is 0. The summed E-state index contributed by atoms with van der Waals surface area (Å²) in [6, 6.07) is 13.9. The maximum Gasteiger partial charge on any atom is 0.343 e. The van der Waals surface area contributed by atoms with Crippen LogP contribution in [0.15, 0.2) is 54.7 Å². The number of hydrogen-bond acceptors (Lipinski definition) is 6. The number of imide groups is 1. The molecule has 2 heterocycles. The van der Waals surface area contributed by atoms with E-state index in [0.717, 1.165) is 5.56 Å². The van der Waals surface area contributed by atoms with E-state index in [4.69, 9.17) is 4.74 Å². The molecule has 168 valence electrons. The number of rotatable bonds is 7. The lowest BCUT2D eigenvalue weighted by atomic mass is 10.1. The Labute approximate surface area is 190 Å². The Morgan fingerprint density at radius 3 is 2.48 bits per heavy atom. The van der Waals surface area contributed by atoms with E-state index in [9.17, 15) is 19.2 Å². The van der Waals surface area contributed by atoms with E-state index in [1.807, 2.05) is 30.3 Å². The van der Waals surface area contributed by atoms with Gasteiger partial charge in [-0.1, -0.05) is 30.3 Å². The average molecular weight is 446 g/mol. The molecule has 0 unspecified atom stereocenters. The fourth-order valence-electron chi connectivity index (χ4n) is 3.64. The van der Waals surface area contributed by atoms with Crippen LogP contribution in [0.5, 0.6) is 0 Å². The third-order valence-corrected chi connectivity index (χ3v) is 5.37. The van der Waals surface area contributed by atoms with Crippen LogP contribution in [-0.4, -0.2) is 51.5 Å². The SMILES string of the molecule is CCOC(=O)c1cnn(C)c1NC(=O)c1ccc2c(c1)C(=O)N(CCc1ccccc1)C2=O. The van der Waals surface area contributed by atoms with Crippen LogP contribution in [0.1, 0.15) is 53.9 Å². The number of hydrogen-bond donors (Lipinski definition) is 1. The molecule has 9 nitrogen and oxygen atoms in total. The van der Waals surface area contributed by atoms with Gasteiger partial charge >= 0.3 is 5.97 Å². The molecule has 2 aromatic carbocycles. The predicted molar refractivity (Wildman–Crippen MR) is 119 cm³/mol. The maximum absolute atomic E-state index is 12.9. The Balaban J connectivity index is 1.52. The van der Waals surface area contributed by atoms with Crippen LogP contribution in [0.4, 0.5) is 5.82 Å². The monoisotopic (exact) mass is 446 g/mol. The predicted octanol–water partition coefficient (Wildman–Crippen LogP) is 2.69. The van der Waals surface area contributed by atoms with Crippen molar-refractivity contribution < 1.29 is 23.9 Å². The Hall–Kier alpha value is -4.27. The highest BCUT2D eigenvalue weighted by Gasteiger charge is 2.35. The van der Waals surface area contributed by atoms with Gasteiger partial charge in [0.1, 0.15) is 11.4 Å². The molecule has 0 atom stereocenters. The summed E-state index contributed by atoms with van der Waals surface area (Å²) in [6.07, 6.45) is 1.85. The minimum absolute atomic E-state index is 0.118. The molecule has 0 saturated heterocycles. The number of carbonyl (C=O) groups is 4. The smallest absolute Gasteiger partial charge is 0.343 e. The van der Waals surface area contributed by atoms with E-state index in [-0.39, 0.29) is 47.1 Å². The number of carbonyl (C=O) groups excluding carboxylic acids is 4. The lowest BCUT2D eigenvalue weighted by Crippen LogP contribution is -2.31. The molecule has 9 heteroatoms.